The molecule has 0 spiro atoms. The quantitative estimate of drug-likeness (QED) is 0.773. The van der Waals surface area contributed by atoms with Gasteiger partial charge in [-0.15, -0.1) is 0 Å². The van der Waals surface area contributed by atoms with Gasteiger partial charge in [-0.1, -0.05) is 20.3 Å². The average molecular weight is 329 g/mol. The van der Waals surface area contributed by atoms with Crippen molar-refractivity contribution in [2.24, 2.45) is 10.9 Å². The minimum Gasteiger partial charge on any atom is -0.480 e. The molecular weight excluding hydrogens is 313 g/mol. The number of carbonyl (C=O) groups is 1. The normalized spacial score (nSPS) is 20.4. The van der Waals surface area contributed by atoms with Crippen molar-refractivity contribution in [1.82, 2.24) is 4.72 Å². The second kappa shape index (κ2) is 5.91. The average Bonchev–Trinajstić information content (AvgIpc) is 2.44. The molecule has 1 aromatic carbocycles. The van der Waals surface area contributed by atoms with Gasteiger partial charge < -0.3 is 10.4 Å². The molecule has 1 heterocycles. The predicted octanol–water partition coefficient (Wildman–Crippen LogP) is 1.38. The number of halogens is 1. The number of carboxylic acid groups (broad SMARTS) is 1. The standard InChI is InChI=1S/C13H16FN3O4S/c1-3-7(2)11(12(18)19)16-13-15-9-5-4-8(14)6-10(9)22(20,21)17-13/h4-7,11H,3H2,1-2H3,(H,18,19)(H2,15,16,17). The molecule has 1 aromatic rings. The Morgan fingerprint density at radius 3 is 2.73 bits per heavy atom. The smallest absolute Gasteiger partial charge is 0.328 e. The zero-order valence-electron chi connectivity index (χ0n) is 12.0. The van der Waals surface area contributed by atoms with E-state index >= 15 is 0 Å². The summed E-state index contributed by atoms with van der Waals surface area (Å²) in [4.78, 5) is 15.0. The fourth-order valence-electron chi connectivity index (χ4n) is 2.00. The fourth-order valence-corrected chi connectivity index (χ4v) is 3.15. The van der Waals surface area contributed by atoms with Crippen LogP contribution in [0.1, 0.15) is 20.3 Å². The van der Waals surface area contributed by atoms with Crippen molar-refractivity contribution in [3.05, 3.63) is 24.0 Å². The topological polar surface area (TPSA) is 108 Å². The number of carboxylic acids is 1. The van der Waals surface area contributed by atoms with Crippen molar-refractivity contribution in [3.8, 4) is 0 Å². The molecule has 0 bridgehead atoms. The van der Waals surface area contributed by atoms with E-state index in [9.17, 15) is 22.7 Å². The molecule has 7 nitrogen and oxygen atoms in total. The number of sulfonamides is 1. The van der Waals surface area contributed by atoms with Crippen LogP contribution in [0.2, 0.25) is 0 Å². The molecule has 0 saturated carbocycles. The molecule has 0 aromatic heterocycles. The van der Waals surface area contributed by atoms with Gasteiger partial charge in [0.2, 0.25) is 5.96 Å². The first kappa shape index (κ1) is 16.2. The molecule has 2 atom stereocenters. The van der Waals surface area contributed by atoms with Gasteiger partial charge in [-0.3, -0.25) is 0 Å². The van der Waals surface area contributed by atoms with Crippen LogP contribution in [0.3, 0.4) is 0 Å². The van der Waals surface area contributed by atoms with E-state index in [0.29, 0.717) is 6.42 Å². The van der Waals surface area contributed by atoms with Gasteiger partial charge in [0.25, 0.3) is 10.0 Å². The molecule has 22 heavy (non-hydrogen) atoms. The predicted molar refractivity (Wildman–Crippen MR) is 78.7 cm³/mol. The highest BCUT2D eigenvalue weighted by atomic mass is 32.2. The monoisotopic (exact) mass is 329 g/mol. The Balaban J connectivity index is 2.42. The molecule has 1 aliphatic heterocycles. The van der Waals surface area contributed by atoms with Crippen molar-refractivity contribution in [1.29, 1.82) is 0 Å². The van der Waals surface area contributed by atoms with Crippen molar-refractivity contribution < 1.29 is 22.7 Å². The van der Waals surface area contributed by atoms with E-state index in [1.165, 1.54) is 6.07 Å². The van der Waals surface area contributed by atoms with Crippen LogP contribution in [0.4, 0.5) is 10.1 Å². The molecule has 120 valence electrons. The van der Waals surface area contributed by atoms with Crippen molar-refractivity contribution in [2.45, 2.75) is 31.2 Å². The second-order valence-electron chi connectivity index (χ2n) is 5.02. The Hall–Kier alpha value is -2.16. The highest BCUT2D eigenvalue weighted by molar-refractivity contribution is 7.90. The molecule has 0 fully saturated rings. The summed E-state index contributed by atoms with van der Waals surface area (Å²) in [5.41, 5.74) is 0.146. The summed E-state index contributed by atoms with van der Waals surface area (Å²) in [5, 5.41) is 11.9. The zero-order valence-corrected chi connectivity index (χ0v) is 12.8. The van der Waals surface area contributed by atoms with Crippen LogP contribution in [0, 0.1) is 11.7 Å². The summed E-state index contributed by atoms with van der Waals surface area (Å²) >= 11 is 0. The van der Waals surface area contributed by atoms with Crippen LogP contribution in [0.5, 0.6) is 0 Å². The van der Waals surface area contributed by atoms with Crippen LogP contribution in [0.25, 0.3) is 0 Å². The third-order valence-electron chi connectivity index (χ3n) is 3.42. The minimum atomic E-state index is -3.99. The number of nitrogens with one attached hydrogen (secondary N) is 2. The number of hydrogen-bond donors (Lipinski definition) is 3. The van der Waals surface area contributed by atoms with Crippen molar-refractivity contribution in [2.75, 3.05) is 5.32 Å². The van der Waals surface area contributed by atoms with Gasteiger partial charge >= 0.3 is 5.97 Å². The van der Waals surface area contributed by atoms with E-state index in [-0.39, 0.29) is 22.5 Å². The molecule has 2 rings (SSSR count). The van der Waals surface area contributed by atoms with E-state index in [2.05, 4.69) is 15.0 Å². The van der Waals surface area contributed by atoms with Gasteiger partial charge in [-0.05, 0) is 24.1 Å². The SMILES string of the molecule is CCC(C)C(N=C1Nc2ccc(F)cc2S(=O)(=O)N1)C(=O)O. The first-order chi connectivity index (χ1) is 10.2. The summed E-state index contributed by atoms with van der Waals surface area (Å²) in [5.74, 6) is -2.29. The molecule has 0 saturated heterocycles. The number of aliphatic carboxylic acids is 1. The zero-order chi connectivity index (χ0) is 16.5. The van der Waals surface area contributed by atoms with Gasteiger partial charge in [-0.25, -0.2) is 27.3 Å². The maximum Gasteiger partial charge on any atom is 0.328 e. The largest absolute Gasteiger partial charge is 0.480 e. The van der Waals surface area contributed by atoms with Gasteiger partial charge in [-0.2, -0.15) is 0 Å². The van der Waals surface area contributed by atoms with Gasteiger partial charge in [0.15, 0.2) is 6.04 Å². The minimum absolute atomic E-state index is 0.146. The van der Waals surface area contributed by atoms with Crippen molar-refractivity contribution in [3.63, 3.8) is 0 Å². The van der Waals surface area contributed by atoms with Gasteiger partial charge in [0.1, 0.15) is 10.7 Å². The molecule has 0 amide bonds. The molecule has 1 aliphatic rings. The first-order valence-corrected chi connectivity index (χ1v) is 8.13. The molecular formula is C13H16FN3O4S. The summed E-state index contributed by atoms with van der Waals surface area (Å²) in [7, 11) is -3.99. The lowest BCUT2D eigenvalue weighted by Crippen LogP contribution is -2.42. The lowest BCUT2D eigenvalue weighted by atomic mass is 10.0. The van der Waals surface area contributed by atoms with E-state index in [1.54, 1.807) is 6.92 Å². The lowest BCUT2D eigenvalue weighted by Gasteiger charge is -2.23. The molecule has 2 unspecified atom stereocenters. The highest BCUT2D eigenvalue weighted by Crippen LogP contribution is 2.25. The summed E-state index contributed by atoms with van der Waals surface area (Å²) in [6.07, 6.45) is 0.572. The van der Waals surface area contributed by atoms with Crippen LogP contribution in [-0.4, -0.2) is 31.5 Å². The number of aliphatic imine (C=N–C) groups is 1. The van der Waals surface area contributed by atoms with E-state index in [0.717, 1.165) is 12.1 Å². The molecule has 0 radical (unpaired) electrons. The van der Waals surface area contributed by atoms with E-state index in [4.69, 9.17) is 0 Å². The number of rotatable bonds is 4. The summed E-state index contributed by atoms with van der Waals surface area (Å²) in [6.45, 7) is 3.53. The third-order valence-corrected chi connectivity index (χ3v) is 4.80. The first-order valence-electron chi connectivity index (χ1n) is 6.64. The lowest BCUT2D eigenvalue weighted by molar-refractivity contribution is -0.139. The number of fused-ring (bicyclic) bond motifs is 1. The number of hydrogen-bond acceptors (Lipinski definition) is 4. The van der Waals surface area contributed by atoms with E-state index < -0.39 is 27.9 Å². The van der Waals surface area contributed by atoms with Crippen LogP contribution in [0.15, 0.2) is 28.1 Å². The van der Waals surface area contributed by atoms with Crippen molar-refractivity contribution >= 4 is 27.6 Å². The number of benzene rings is 1. The Morgan fingerprint density at radius 1 is 1.45 bits per heavy atom. The maximum atomic E-state index is 13.2. The Kier molecular flexibility index (Phi) is 4.36. The molecule has 9 heteroatoms. The number of nitrogens with zero attached hydrogens (tertiary/aromatic N) is 1. The third kappa shape index (κ3) is 3.19. The summed E-state index contributed by atoms with van der Waals surface area (Å²) in [6, 6.07) is 2.16. The van der Waals surface area contributed by atoms with Crippen LogP contribution >= 0.6 is 0 Å². The Morgan fingerprint density at radius 2 is 2.14 bits per heavy atom. The Bertz CT molecular complexity index is 733. The van der Waals surface area contributed by atoms with Crippen LogP contribution in [-0.2, 0) is 14.8 Å². The Labute approximate surface area is 127 Å². The molecule has 0 aliphatic carbocycles. The van der Waals surface area contributed by atoms with E-state index in [1.807, 2.05) is 6.92 Å². The maximum absolute atomic E-state index is 13.2. The highest BCUT2D eigenvalue weighted by Gasteiger charge is 2.30. The number of guanidine groups is 1. The van der Waals surface area contributed by atoms with Gasteiger partial charge in [0.05, 0.1) is 5.69 Å². The van der Waals surface area contributed by atoms with Gasteiger partial charge in [0, 0.05) is 0 Å². The number of anilines is 1. The fraction of sp³-hybridized carbons (Fsp3) is 0.385. The summed E-state index contributed by atoms with van der Waals surface area (Å²) < 4.78 is 39.5. The molecule has 3 N–H and O–H groups in total. The second-order valence-corrected chi connectivity index (χ2v) is 6.67. The van der Waals surface area contributed by atoms with Crippen LogP contribution < -0.4 is 10.0 Å².